The SMILES string of the molecule is COCCC(=O)N1C[C@@H]2CN(C(=O)c3cncs3)C[C@@H]2[C@H]1c1cccc(F)c1. The average Bonchev–Trinajstić information content (AvgIpc) is 3.40. The maximum Gasteiger partial charge on any atom is 0.265 e. The first-order valence-corrected chi connectivity index (χ1v) is 10.2. The lowest BCUT2D eigenvalue weighted by atomic mass is 9.89. The van der Waals surface area contributed by atoms with Gasteiger partial charge < -0.3 is 14.5 Å². The second-order valence-corrected chi connectivity index (χ2v) is 8.17. The van der Waals surface area contributed by atoms with Crippen LogP contribution in [0.1, 0.15) is 27.7 Å². The molecule has 8 heteroatoms. The molecule has 1 aromatic carbocycles. The van der Waals surface area contributed by atoms with E-state index in [4.69, 9.17) is 4.74 Å². The van der Waals surface area contributed by atoms with Gasteiger partial charge in [0.2, 0.25) is 5.91 Å². The summed E-state index contributed by atoms with van der Waals surface area (Å²) in [5, 5.41) is 0. The fraction of sp³-hybridized carbons (Fsp3) is 0.450. The molecule has 148 valence electrons. The van der Waals surface area contributed by atoms with Gasteiger partial charge in [0.25, 0.3) is 5.91 Å². The normalized spacial score (nSPS) is 23.9. The third kappa shape index (κ3) is 3.54. The zero-order valence-corrected chi connectivity index (χ0v) is 16.4. The zero-order chi connectivity index (χ0) is 19.7. The van der Waals surface area contributed by atoms with Crippen LogP contribution in [0.4, 0.5) is 4.39 Å². The Morgan fingerprint density at radius 3 is 2.89 bits per heavy atom. The van der Waals surface area contributed by atoms with Crippen molar-refractivity contribution in [3.05, 3.63) is 52.2 Å². The van der Waals surface area contributed by atoms with Crippen LogP contribution in [0.15, 0.2) is 36.0 Å². The van der Waals surface area contributed by atoms with Gasteiger partial charge in [-0.3, -0.25) is 14.6 Å². The van der Waals surface area contributed by atoms with Crippen molar-refractivity contribution in [3.8, 4) is 0 Å². The van der Waals surface area contributed by atoms with Crippen LogP contribution in [0.25, 0.3) is 0 Å². The molecule has 2 saturated heterocycles. The minimum absolute atomic E-state index is 0.00541. The number of amides is 2. The molecule has 0 saturated carbocycles. The number of halogens is 1. The molecule has 0 aliphatic carbocycles. The van der Waals surface area contributed by atoms with Gasteiger partial charge in [-0.25, -0.2) is 4.39 Å². The van der Waals surface area contributed by atoms with Gasteiger partial charge in [-0.15, -0.1) is 11.3 Å². The van der Waals surface area contributed by atoms with Gasteiger partial charge in [0.05, 0.1) is 30.8 Å². The maximum absolute atomic E-state index is 13.9. The number of carbonyl (C=O) groups is 2. The molecule has 2 fully saturated rings. The Morgan fingerprint density at radius 2 is 2.18 bits per heavy atom. The highest BCUT2D eigenvalue weighted by Crippen LogP contribution is 2.45. The fourth-order valence-corrected chi connectivity index (χ4v) is 4.98. The molecule has 28 heavy (non-hydrogen) atoms. The Hall–Kier alpha value is -2.32. The Labute approximate surface area is 166 Å². The van der Waals surface area contributed by atoms with Crippen LogP contribution in [0.5, 0.6) is 0 Å². The van der Waals surface area contributed by atoms with Crippen LogP contribution >= 0.6 is 11.3 Å². The number of hydrogen-bond donors (Lipinski definition) is 0. The van der Waals surface area contributed by atoms with Crippen LogP contribution in [-0.2, 0) is 9.53 Å². The van der Waals surface area contributed by atoms with E-state index in [1.165, 1.54) is 23.5 Å². The Morgan fingerprint density at radius 1 is 1.32 bits per heavy atom. The molecular formula is C20H22FN3O3S. The van der Waals surface area contributed by atoms with Crippen molar-refractivity contribution >= 4 is 23.2 Å². The number of methoxy groups -OCH3 is 1. The molecule has 3 atom stereocenters. The summed E-state index contributed by atoms with van der Waals surface area (Å²) in [5.74, 6) is -0.0689. The minimum atomic E-state index is -0.319. The van der Waals surface area contributed by atoms with Gasteiger partial charge in [0, 0.05) is 38.6 Å². The van der Waals surface area contributed by atoms with Crippen LogP contribution < -0.4 is 0 Å². The minimum Gasteiger partial charge on any atom is -0.384 e. The van der Waals surface area contributed by atoms with Crippen molar-refractivity contribution in [2.45, 2.75) is 12.5 Å². The molecule has 0 radical (unpaired) electrons. The van der Waals surface area contributed by atoms with E-state index in [1.807, 2.05) is 15.9 Å². The van der Waals surface area contributed by atoms with Crippen LogP contribution in [0.2, 0.25) is 0 Å². The molecule has 2 aliphatic rings. The maximum atomic E-state index is 13.9. The number of benzene rings is 1. The molecule has 0 N–H and O–H groups in total. The summed E-state index contributed by atoms with van der Waals surface area (Å²) in [6.45, 7) is 2.08. The van der Waals surface area contributed by atoms with Crippen LogP contribution in [0.3, 0.4) is 0 Å². The summed E-state index contributed by atoms with van der Waals surface area (Å²) in [7, 11) is 1.57. The second-order valence-electron chi connectivity index (χ2n) is 7.29. The van der Waals surface area contributed by atoms with Gasteiger partial charge in [0.1, 0.15) is 10.7 Å². The molecule has 6 nitrogen and oxygen atoms in total. The van der Waals surface area contributed by atoms with E-state index < -0.39 is 0 Å². The Kier molecular flexibility index (Phi) is 5.41. The highest BCUT2D eigenvalue weighted by Gasteiger charge is 2.50. The molecular weight excluding hydrogens is 381 g/mol. The third-order valence-electron chi connectivity index (χ3n) is 5.63. The number of ether oxygens (including phenoxy) is 1. The predicted octanol–water partition coefficient (Wildman–Crippen LogP) is 2.59. The van der Waals surface area contributed by atoms with E-state index >= 15 is 0 Å². The van der Waals surface area contributed by atoms with E-state index in [1.54, 1.807) is 24.9 Å². The van der Waals surface area contributed by atoms with Gasteiger partial charge in [-0.05, 0) is 17.7 Å². The highest BCUT2D eigenvalue weighted by atomic mass is 32.1. The van der Waals surface area contributed by atoms with Crippen molar-refractivity contribution in [1.29, 1.82) is 0 Å². The largest absolute Gasteiger partial charge is 0.384 e. The topological polar surface area (TPSA) is 62.7 Å². The lowest BCUT2D eigenvalue weighted by molar-refractivity contribution is -0.133. The summed E-state index contributed by atoms with van der Waals surface area (Å²) in [6.07, 6.45) is 1.89. The van der Waals surface area contributed by atoms with Crippen LogP contribution in [-0.4, -0.2) is 59.9 Å². The lowest BCUT2D eigenvalue weighted by Crippen LogP contribution is -2.37. The average molecular weight is 403 g/mol. The molecule has 2 aromatic rings. The molecule has 0 spiro atoms. The molecule has 0 bridgehead atoms. The number of nitrogens with zero attached hydrogens (tertiary/aromatic N) is 3. The van der Waals surface area contributed by atoms with Gasteiger partial charge in [-0.2, -0.15) is 0 Å². The van der Waals surface area contributed by atoms with Gasteiger partial charge in [0.15, 0.2) is 0 Å². The summed E-state index contributed by atoms with van der Waals surface area (Å²) < 4.78 is 18.9. The molecule has 2 aliphatic heterocycles. The summed E-state index contributed by atoms with van der Waals surface area (Å²) in [4.78, 5) is 33.8. The first kappa shape index (κ1) is 19.0. The lowest BCUT2D eigenvalue weighted by Gasteiger charge is -2.30. The van der Waals surface area contributed by atoms with Gasteiger partial charge in [-0.1, -0.05) is 12.1 Å². The van der Waals surface area contributed by atoms with E-state index in [0.717, 1.165) is 5.56 Å². The predicted molar refractivity (Wildman–Crippen MR) is 102 cm³/mol. The van der Waals surface area contributed by atoms with Crippen molar-refractivity contribution in [3.63, 3.8) is 0 Å². The van der Waals surface area contributed by atoms with Crippen molar-refractivity contribution in [2.24, 2.45) is 11.8 Å². The highest BCUT2D eigenvalue weighted by molar-refractivity contribution is 7.11. The number of hydrogen-bond acceptors (Lipinski definition) is 5. The number of likely N-dealkylation sites (tertiary alicyclic amines) is 2. The van der Waals surface area contributed by atoms with Crippen molar-refractivity contribution < 1.29 is 18.7 Å². The number of fused-ring (bicyclic) bond motifs is 1. The van der Waals surface area contributed by atoms with Crippen LogP contribution in [0, 0.1) is 17.7 Å². The van der Waals surface area contributed by atoms with E-state index in [-0.39, 0.29) is 35.5 Å². The molecule has 0 unspecified atom stereocenters. The molecule has 2 amide bonds. The number of carbonyl (C=O) groups excluding carboxylic acids is 2. The van der Waals surface area contributed by atoms with E-state index in [9.17, 15) is 14.0 Å². The first-order chi connectivity index (χ1) is 13.6. The van der Waals surface area contributed by atoms with E-state index in [0.29, 0.717) is 37.5 Å². The molecule has 4 rings (SSSR count). The smallest absolute Gasteiger partial charge is 0.265 e. The Balaban J connectivity index is 1.58. The standard InChI is InChI=1S/C20H22FN3O3S/c1-27-6-5-18(25)24-10-14-9-23(20(26)17-8-22-12-28-17)11-16(14)19(24)13-3-2-4-15(21)7-13/h2-4,7-8,12,14,16,19H,5-6,9-11H2,1H3/t14-,16-,19+/m0/s1. The van der Waals surface area contributed by atoms with Gasteiger partial charge >= 0.3 is 0 Å². The fourth-order valence-electron chi connectivity index (χ4n) is 4.40. The molecule has 3 heterocycles. The number of aromatic nitrogens is 1. The number of thiazole rings is 1. The quantitative estimate of drug-likeness (QED) is 0.770. The summed E-state index contributed by atoms with van der Waals surface area (Å²) >= 11 is 1.33. The Bertz CT molecular complexity index is 860. The van der Waals surface area contributed by atoms with Crippen molar-refractivity contribution in [2.75, 3.05) is 33.4 Å². The second kappa shape index (κ2) is 7.97. The number of rotatable bonds is 5. The first-order valence-electron chi connectivity index (χ1n) is 9.30. The summed E-state index contributed by atoms with van der Waals surface area (Å²) in [6, 6.07) is 6.20. The van der Waals surface area contributed by atoms with Crippen molar-refractivity contribution in [1.82, 2.24) is 14.8 Å². The molecule has 1 aromatic heterocycles. The summed E-state index contributed by atoms with van der Waals surface area (Å²) in [5.41, 5.74) is 2.43. The van der Waals surface area contributed by atoms with E-state index in [2.05, 4.69) is 4.98 Å². The third-order valence-corrected chi connectivity index (χ3v) is 6.39. The monoisotopic (exact) mass is 403 g/mol. The zero-order valence-electron chi connectivity index (χ0n) is 15.6.